The van der Waals surface area contributed by atoms with Gasteiger partial charge in [0.05, 0.1) is 6.10 Å². The minimum atomic E-state index is -0.252. The topological polar surface area (TPSA) is 70.6 Å². The number of aliphatic hydroxyl groups excluding tert-OH is 1. The van der Waals surface area contributed by atoms with E-state index < -0.39 is 0 Å². The summed E-state index contributed by atoms with van der Waals surface area (Å²) in [6.45, 7) is 2.06. The third-order valence-corrected chi connectivity index (χ3v) is 4.00. The van der Waals surface area contributed by atoms with E-state index in [1.165, 1.54) is 12.8 Å². The molecule has 5 heteroatoms. The van der Waals surface area contributed by atoms with Crippen molar-refractivity contribution in [1.29, 1.82) is 0 Å². The molecule has 0 aromatic heterocycles. The highest BCUT2D eigenvalue weighted by Gasteiger charge is 2.16. The van der Waals surface area contributed by atoms with Gasteiger partial charge in [-0.1, -0.05) is 13.0 Å². The Kier molecular flexibility index (Phi) is 6.52. The van der Waals surface area contributed by atoms with Crippen LogP contribution in [0.4, 0.5) is 10.5 Å². The fourth-order valence-corrected chi connectivity index (χ4v) is 2.73. The number of carbonyl (C=O) groups excluding carboxylic acids is 1. The summed E-state index contributed by atoms with van der Waals surface area (Å²) < 4.78 is 5.93. The molecule has 0 saturated heterocycles. The Hall–Kier alpha value is -1.75. The number of hydrogen-bond acceptors (Lipinski definition) is 3. The number of benzene rings is 1. The van der Waals surface area contributed by atoms with E-state index in [4.69, 9.17) is 9.84 Å². The van der Waals surface area contributed by atoms with E-state index in [1.54, 1.807) is 0 Å². The summed E-state index contributed by atoms with van der Waals surface area (Å²) in [6, 6.07) is 7.23. The van der Waals surface area contributed by atoms with Crippen LogP contribution in [0.3, 0.4) is 0 Å². The van der Waals surface area contributed by atoms with E-state index in [0.717, 1.165) is 25.0 Å². The maximum atomic E-state index is 12.0. The summed E-state index contributed by atoms with van der Waals surface area (Å²) in [5, 5.41) is 14.6. The predicted molar refractivity (Wildman–Crippen MR) is 87.3 cm³/mol. The van der Waals surface area contributed by atoms with Gasteiger partial charge in [-0.15, -0.1) is 0 Å². The quantitative estimate of drug-likeness (QED) is 0.724. The van der Waals surface area contributed by atoms with Gasteiger partial charge in [0.1, 0.15) is 5.75 Å². The monoisotopic (exact) mass is 306 g/mol. The summed E-state index contributed by atoms with van der Waals surface area (Å²) in [7, 11) is 0. The molecule has 0 aliphatic heterocycles. The molecule has 22 heavy (non-hydrogen) atoms. The highest BCUT2D eigenvalue weighted by atomic mass is 16.5. The molecule has 1 unspecified atom stereocenters. The molecule has 0 bridgehead atoms. The van der Waals surface area contributed by atoms with Crippen LogP contribution < -0.4 is 15.4 Å². The Morgan fingerprint density at radius 1 is 1.41 bits per heavy atom. The fourth-order valence-electron chi connectivity index (χ4n) is 2.73. The van der Waals surface area contributed by atoms with Crippen LogP contribution in [-0.4, -0.2) is 29.9 Å². The van der Waals surface area contributed by atoms with E-state index >= 15 is 0 Å². The second-order valence-corrected chi connectivity index (χ2v) is 5.77. The van der Waals surface area contributed by atoms with Gasteiger partial charge in [0, 0.05) is 24.4 Å². The molecule has 2 rings (SSSR count). The van der Waals surface area contributed by atoms with Crippen LogP contribution in [0, 0.1) is 0 Å². The zero-order chi connectivity index (χ0) is 15.8. The highest BCUT2D eigenvalue weighted by Crippen LogP contribution is 2.25. The highest BCUT2D eigenvalue weighted by molar-refractivity contribution is 5.89. The van der Waals surface area contributed by atoms with Crippen molar-refractivity contribution >= 4 is 11.7 Å². The molecule has 1 fully saturated rings. The Morgan fingerprint density at radius 2 is 2.18 bits per heavy atom. The van der Waals surface area contributed by atoms with Crippen LogP contribution >= 0.6 is 0 Å². The molecular weight excluding hydrogens is 280 g/mol. The van der Waals surface area contributed by atoms with Crippen molar-refractivity contribution in [2.24, 2.45) is 0 Å². The van der Waals surface area contributed by atoms with Crippen LogP contribution in [0.5, 0.6) is 5.75 Å². The number of nitrogens with one attached hydrogen (secondary N) is 2. The van der Waals surface area contributed by atoms with E-state index in [1.807, 2.05) is 31.2 Å². The number of urea groups is 1. The Labute approximate surface area is 132 Å². The number of ether oxygens (including phenoxy) is 1. The Balaban J connectivity index is 1.87. The summed E-state index contributed by atoms with van der Waals surface area (Å²) >= 11 is 0. The lowest BCUT2D eigenvalue weighted by Gasteiger charge is -2.17. The maximum absolute atomic E-state index is 12.0. The van der Waals surface area contributed by atoms with Crippen LogP contribution in [-0.2, 0) is 0 Å². The molecule has 1 aliphatic rings. The zero-order valence-electron chi connectivity index (χ0n) is 13.2. The number of anilines is 1. The van der Waals surface area contributed by atoms with Gasteiger partial charge in [0.2, 0.25) is 0 Å². The number of carbonyl (C=O) groups is 1. The molecule has 0 radical (unpaired) electrons. The molecule has 0 spiro atoms. The molecule has 1 atom stereocenters. The number of aliphatic hydroxyl groups is 1. The number of amides is 2. The summed E-state index contributed by atoms with van der Waals surface area (Å²) in [5.74, 6) is 0.798. The van der Waals surface area contributed by atoms with Crippen LogP contribution in [0.2, 0.25) is 0 Å². The van der Waals surface area contributed by atoms with Gasteiger partial charge < -0.3 is 20.5 Å². The summed E-state index contributed by atoms with van der Waals surface area (Å²) in [6.07, 6.45) is 6.34. The Morgan fingerprint density at radius 3 is 2.86 bits per heavy atom. The Bertz CT molecular complexity index is 473. The van der Waals surface area contributed by atoms with Crippen molar-refractivity contribution in [3.05, 3.63) is 24.3 Å². The molecule has 1 aliphatic carbocycles. The zero-order valence-corrected chi connectivity index (χ0v) is 13.2. The molecule has 1 aromatic rings. The first-order chi connectivity index (χ1) is 10.7. The van der Waals surface area contributed by atoms with Gasteiger partial charge in [0.15, 0.2) is 0 Å². The van der Waals surface area contributed by atoms with Crippen LogP contribution in [0.25, 0.3) is 0 Å². The average Bonchev–Trinajstić information content (AvgIpc) is 3.00. The van der Waals surface area contributed by atoms with Crippen molar-refractivity contribution in [2.45, 2.75) is 57.6 Å². The van der Waals surface area contributed by atoms with Gasteiger partial charge in [-0.25, -0.2) is 4.79 Å². The second-order valence-electron chi connectivity index (χ2n) is 5.77. The molecule has 1 aromatic carbocycles. The molecule has 0 heterocycles. The second kappa shape index (κ2) is 8.63. The first kappa shape index (κ1) is 16.6. The molecule has 122 valence electrons. The van der Waals surface area contributed by atoms with E-state index in [-0.39, 0.29) is 18.7 Å². The van der Waals surface area contributed by atoms with Crippen LogP contribution in [0.15, 0.2) is 24.3 Å². The SMILES string of the molecule is CCC(CCO)NC(=O)Nc1cccc(OC2CCCC2)c1. The van der Waals surface area contributed by atoms with E-state index in [9.17, 15) is 4.79 Å². The lowest BCUT2D eigenvalue weighted by molar-refractivity contribution is 0.210. The maximum Gasteiger partial charge on any atom is 0.319 e. The van der Waals surface area contributed by atoms with Crippen molar-refractivity contribution in [3.8, 4) is 5.75 Å². The lowest BCUT2D eigenvalue weighted by atomic mass is 10.2. The third kappa shape index (κ3) is 5.22. The minimum absolute atomic E-state index is 0.0112. The van der Waals surface area contributed by atoms with Gasteiger partial charge in [0.25, 0.3) is 0 Å². The number of hydrogen-bond donors (Lipinski definition) is 3. The van der Waals surface area contributed by atoms with Crippen molar-refractivity contribution in [1.82, 2.24) is 5.32 Å². The molecular formula is C17H26N2O3. The van der Waals surface area contributed by atoms with Gasteiger partial charge in [-0.3, -0.25) is 0 Å². The van der Waals surface area contributed by atoms with Crippen molar-refractivity contribution in [2.75, 3.05) is 11.9 Å². The van der Waals surface area contributed by atoms with Crippen molar-refractivity contribution < 1.29 is 14.6 Å². The molecule has 3 N–H and O–H groups in total. The largest absolute Gasteiger partial charge is 0.490 e. The molecule has 2 amide bonds. The average molecular weight is 306 g/mol. The molecule has 1 saturated carbocycles. The smallest absolute Gasteiger partial charge is 0.319 e. The van der Waals surface area contributed by atoms with Crippen molar-refractivity contribution in [3.63, 3.8) is 0 Å². The summed E-state index contributed by atoms with van der Waals surface area (Å²) in [5.41, 5.74) is 0.715. The predicted octanol–water partition coefficient (Wildman–Crippen LogP) is 3.29. The molecule has 5 nitrogen and oxygen atoms in total. The van der Waals surface area contributed by atoms with Crippen LogP contribution in [0.1, 0.15) is 45.4 Å². The normalized spacial score (nSPS) is 16.3. The minimum Gasteiger partial charge on any atom is -0.490 e. The standard InChI is InChI=1S/C17H26N2O3/c1-2-13(10-11-20)18-17(21)19-14-6-5-9-16(12-14)22-15-7-3-4-8-15/h5-6,9,12-13,15,20H,2-4,7-8,10-11H2,1H3,(H2,18,19,21). The van der Waals surface area contributed by atoms with E-state index in [0.29, 0.717) is 18.2 Å². The fraction of sp³-hybridized carbons (Fsp3) is 0.588. The first-order valence-electron chi connectivity index (χ1n) is 8.16. The van der Waals surface area contributed by atoms with E-state index in [2.05, 4.69) is 10.6 Å². The lowest BCUT2D eigenvalue weighted by Crippen LogP contribution is -2.38. The first-order valence-corrected chi connectivity index (χ1v) is 8.16. The van der Waals surface area contributed by atoms with Gasteiger partial charge >= 0.3 is 6.03 Å². The van der Waals surface area contributed by atoms with Gasteiger partial charge in [-0.05, 0) is 50.7 Å². The number of rotatable bonds is 7. The summed E-state index contributed by atoms with van der Waals surface area (Å²) in [4.78, 5) is 12.0. The third-order valence-electron chi connectivity index (χ3n) is 4.00. The van der Waals surface area contributed by atoms with Gasteiger partial charge in [-0.2, -0.15) is 0 Å².